The first-order valence-electron chi connectivity index (χ1n) is 7.78. The fourth-order valence-corrected chi connectivity index (χ4v) is 3.55. The summed E-state index contributed by atoms with van der Waals surface area (Å²) in [7, 11) is 1.76. The van der Waals surface area contributed by atoms with Gasteiger partial charge < -0.3 is 14.6 Å². The van der Waals surface area contributed by atoms with E-state index in [0.29, 0.717) is 5.92 Å². The Kier molecular flexibility index (Phi) is 4.84. The third kappa shape index (κ3) is 3.10. The van der Waals surface area contributed by atoms with Crippen molar-refractivity contribution < 1.29 is 4.74 Å². The van der Waals surface area contributed by atoms with Crippen LogP contribution in [0.4, 0.5) is 0 Å². The van der Waals surface area contributed by atoms with Gasteiger partial charge in [-0.1, -0.05) is 17.7 Å². The van der Waals surface area contributed by atoms with Crippen LogP contribution < -0.4 is 5.32 Å². The van der Waals surface area contributed by atoms with Crippen LogP contribution in [-0.4, -0.2) is 31.4 Å². The van der Waals surface area contributed by atoms with Crippen molar-refractivity contribution in [3.63, 3.8) is 0 Å². The van der Waals surface area contributed by atoms with Gasteiger partial charge in [0.15, 0.2) is 0 Å². The van der Waals surface area contributed by atoms with E-state index in [9.17, 15) is 0 Å². The smallest absolute Gasteiger partial charge is 0.0499 e. The summed E-state index contributed by atoms with van der Waals surface area (Å²) in [6.45, 7) is 3.99. The number of hydrogen-bond acceptors (Lipinski definition) is 2. The van der Waals surface area contributed by atoms with Gasteiger partial charge in [-0.15, -0.1) is 0 Å². The first-order chi connectivity index (χ1) is 10.3. The second-order valence-electron chi connectivity index (χ2n) is 5.78. The molecule has 1 aliphatic heterocycles. The van der Waals surface area contributed by atoms with Gasteiger partial charge in [0.25, 0.3) is 0 Å². The Hall–Kier alpha value is -1.03. The molecule has 1 aromatic heterocycles. The van der Waals surface area contributed by atoms with Gasteiger partial charge in [-0.05, 0) is 44.0 Å². The Bertz CT molecular complexity index is 602. The van der Waals surface area contributed by atoms with Crippen molar-refractivity contribution in [3.8, 4) is 0 Å². The van der Waals surface area contributed by atoms with Crippen molar-refractivity contribution in [2.75, 3.05) is 26.8 Å². The van der Waals surface area contributed by atoms with Crippen LogP contribution in [0.2, 0.25) is 5.02 Å². The number of nitrogens with zero attached hydrogens (tertiary/aromatic N) is 1. The Balaban J connectivity index is 1.99. The molecular formula is C17H23ClN2O. The first-order valence-corrected chi connectivity index (χ1v) is 8.16. The molecule has 1 N–H and O–H groups in total. The maximum atomic E-state index is 6.39. The highest BCUT2D eigenvalue weighted by Crippen LogP contribution is 2.33. The largest absolute Gasteiger partial charge is 0.385 e. The summed E-state index contributed by atoms with van der Waals surface area (Å²) in [6, 6.07) is 8.49. The van der Waals surface area contributed by atoms with Gasteiger partial charge in [0.2, 0.25) is 0 Å². The first kappa shape index (κ1) is 14.9. The predicted octanol–water partition coefficient (Wildman–Crippen LogP) is 3.80. The number of hydrogen-bond donors (Lipinski definition) is 1. The molecular weight excluding hydrogens is 284 g/mol. The maximum absolute atomic E-state index is 6.39. The van der Waals surface area contributed by atoms with E-state index >= 15 is 0 Å². The van der Waals surface area contributed by atoms with Crippen LogP contribution in [0.15, 0.2) is 24.3 Å². The average molecular weight is 307 g/mol. The molecule has 0 spiro atoms. The van der Waals surface area contributed by atoms with Gasteiger partial charge in [0, 0.05) is 54.3 Å². The van der Waals surface area contributed by atoms with Crippen molar-refractivity contribution >= 4 is 22.5 Å². The molecule has 2 aromatic rings. The van der Waals surface area contributed by atoms with E-state index in [-0.39, 0.29) is 0 Å². The molecule has 0 amide bonds. The monoisotopic (exact) mass is 306 g/mol. The van der Waals surface area contributed by atoms with Gasteiger partial charge in [-0.3, -0.25) is 0 Å². The summed E-state index contributed by atoms with van der Waals surface area (Å²) in [5.41, 5.74) is 2.67. The molecule has 0 bridgehead atoms. The molecule has 1 atom stereocenters. The van der Waals surface area contributed by atoms with Crippen molar-refractivity contribution in [3.05, 3.63) is 35.0 Å². The number of fused-ring (bicyclic) bond motifs is 1. The lowest BCUT2D eigenvalue weighted by Crippen LogP contribution is -2.29. The standard InChI is InChI=1S/C17H23ClN2O/c1-21-10-4-9-20-16-7-2-6-15(18)14(16)11-17(20)13-5-3-8-19-12-13/h2,6-7,11,13,19H,3-5,8-10,12H2,1H3. The van der Waals surface area contributed by atoms with Crippen LogP contribution in [0.1, 0.15) is 30.9 Å². The number of aryl methyl sites for hydroxylation is 1. The zero-order valence-corrected chi connectivity index (χ0v) is 13.3. The maximum Gasteiger partial charge on any atom is 0.0499 e. The molecule has 2 heterocycles. The normalized spacial score (nSPS) is 19.2. The molecule has 4 heteroatoms. The molecule has 114 valence electrons. The third-order valence-corrected chi connectivity index (χ3v) is 4.70. The van der Waals surface area contributed by atoms with Crippen molar-refractivity contribution in [2.45, 2.75) is 31.7 Å². The number of piperidine rings is 1. The van der Waals surface area contributed by atoms with Crippen LogP contribution in [0.25, 0.3) is 10.9 Å². The van der Waals surface area contributed by atoms with Crippen molar-refractivity contribution in [2.24, 2.45) is 0 Å². The molecule has 21 heavy (non-hydrogen) atoms. The SMILES string of the molecule is COCCCn1c(C2CCCNC2)cc2c(Cl)cccc21. The second kappa shape index (κ2) is 6.82. The molecule has 0 saturated carbocycles. The molecule has 1 fully saturated rings. The van der Waals surface area contributed by atoms with E-state index in [1.165, 1.54) is 29.4 Å². The van der Waals surface area contributed by atoms with E-state index in [1.54, 1.807) is 7.11 Å². The zero-order chi connectivity index (χ0) is 14.7. The quantitative estimate of drug-likeness (QED) is 0.850. The molecule has 1 unspecified atom stereocenters. The molecule has 3 rings (SSSR count). The summed E-state index contributed by atoms with van der Waals surface area (Å²) in [4.78, 5) is 0. The molecule has 1 aliphatic rings. The highest BCUT2D eigenvalue weighted by molar-refractivity contribution is 6.35. The van der Waals surface area contributed by atoms with E-state index < -0.39 is 0 Å². The minimum Gasteiger partial charge on any atom is -0.385 e. The number of halogens is 1. The third-order valence-electron chi connectivity index (χ3n) is 4.37. The summed E-state index contributed by atoms with van der Waals surface area (Å²) in [5.74, 6) is 0.588. The number of benzene rings is 1. The van der Waals surface area contributed by atoms with E-state index in [4.69, 9.17) is 16.3 Å². The lowest BCUT2D eigenvalue weighted by Gasteiger charge is -2.24. The van der Waals surface area contributed by atoms with Crippen LogP contribution in [0.5, 0.6) is 0 Å². The Morgan fingerprint density at radius 3 is 3.10 bits per heavy atom. The lowest BCUT2D eigenvalue weighted by molar-refractivity contribution is 0.190. The summed E-state index contributed by atoms with van der Waals surface area (Å²) < 4.78 is 7.65. The number of ether oxygens (including phenoxy) is 1. The zero-order valence-electron chi connectivity index (χ0n) is 12.6. The van der Waals surface area contributed by atoms with Crippen LogP contribution >= 0.6 is 11.6 Å². The fourth-order valence-electron chi connectivity index (χ4n) is 3.33. The van der Waals surface area contributed by atoms with Crippen molar-refractivity contribution in [1.82, 2.24) is 9.88 Å². The van der Waals surface area contributed by atoms with Crippen LogP contribution in [-0.2, 0) is 11.3 Å². The summed E-state index contributed by atoms with van der Waals surface area (Å²) in [5, 5.41) is 5.54. The fraction of sp³-hybridized carbons (Fsp3) is 0.529. The van der Waals surface area contributed by atoms with Crippen LogP contribution in [0.3, 0.4) is 0 Å². The Morgan fingerprint density at radius 1 is 1.43 bits per heavy atom. The summed E-state index contributed by atoms with van der Waals surface area (Å²) in [6.07, 6.45) is 3.53. The van der Waals surface area contributed by atoms with Gasteiger partial charge >= 0.3 is 0 Å². The number of aromatic nitrogens is 1. The topological polar surface area (TPSA) is 26.2 Å². The highest BCUT2D eigenvalue weighted by atomic mass is 35.5. The van der Waals surface area contributed by atoms with Gasteiger partial charge in [0.1, 0.15) is 0 Å². The second-order valence-corrected chi connectivity index (χ2v) is 6.19. The Labute approximate surface area is 131 Å². The number of rotatable bonds is 5. The van der Waals surface area contributed by atoms with Crippen LogP contribution in [0, 0.1) is 0 Å². The molecule has 0 aliphatic carbocycles. The van der Waals surface area contributed by atoms with E-state index in [1.807, 2.05) is 12.1 Å². The minimum absolute atomic E-state index is 0.588. The van der Waals surface area contributed by atoms with Gasteiger partial charge in [0.05, 0.1) is 0 Å². The molecule has 1 saturated heterocycles. The van der Waals surface area contributed by atoms with E-state index in [2.05, 4.69) is 22.0 Å². The molecule has 1 aromatic carbocycles. The van der Waals surface area contributed by atoms with Crippen molar-refractivity contribution in [1.29, 1.82) is 0 Å². The van der Waals surface area contributed by atoms with Gasteiger partial charge in [-0.25, -0.2) is 0 Å². The summed E-state index contributed by atoms with van der Waals surface area (Å²) >= 11 is 6.39. The molecule has 0 radical (unpaired) electrons. The Morgan fingerprint density at radius 2 is 2.33 bits per heavy atom. The van der Waals surface area contributed by atoms with Gasteiger partial charge in [-0.2, -0.15) is 0 Å². The predicted molar refractivity (Wildman–Crippen MR) is 88.3 cm³/mol. The molecule has 3 nitrogen and oxygen atoms in total. The minimum atomic E-state index is 0.588. The lowest BCUT2D eigenvalue weighted by atomic mass is 9.96. The number of methoxy groups -OCH3 is 1. The highest BCUT2D eigenvalue weighted by Gasteiger charge is 2.21. The number of nitrogens with one attached hydrogen (secondary N) is 1. The van der Waals surface area contributed by atoms with E-state index in [0.717, 1.165) is 37.7 Å². The average Bonchev–Trinajstić information content (AvgIpc) is 2.89.